The summed E-state index contributed by atoms with van der Waals surface area (Å²) in [7, 11) is 0. The van der Waals surface area contributed by atoms with Crippen LogP contribution in [0.2, 0.25) is 0 Å². The molecule has 3 aliphatic rings. The fraction of sp³-hybridized carbons (Fsp3) is 0.419. The molecule has 0 bridgehead atoms. The molecule has 4 heterocycles. The predicted octanol–water partition coefficient (Wildman–Crippen LogP) is 3.85. The number of rotatable bonds is 5. The molecular weight excluding hydrogens is 512 g/mol. The summed E-state index contributed by atoms with van der Waals surface area (Å²) in [5.74, 6) is -0.556. The lowest BCUT2D eigenvalue weighted by atomic mass is 9.85. The van der Waals surface area contributed by atoms with E-state index in [2.05, 4.69) is 6.58 Å². The van der Waals surface area contributed by atoms with Gasteiger partial charge >= 0.3 is 11.9 Å². The maximum Gasteiger partial charge on any atom is 0.343 e. The molecule has 6 rings (SSSR count). The van der Waals surface area contributed by atoms with Gasteiger partial charge in [-0.15, -0.1) is 0 Å². The van der Waals surface area contributed by atoms with Gasteiger partial charge in [-0.3, -0.25) is 4.79 Å². The molecule has 0 amide bonds. The lowest BCUT2D eigenvalue weighted by Gasteiger charge is -2.31. The van der Waals surface area contributed by atoms with Crippen LogP contribution in [0.3, 0.4) is 0 Å². The maximum atomic E-state index is 13.6. The second-order valence-corrected chi connectivity index (χ2v) is 11.7. The highest BCUT2D eigenvalue weighted by Crippen LogP contribution is 2.44. The van der Waals surface area contributed by atoms with Gasteiger partial charge in [-0.2, -0.15) is 0 Å². The number of ether oxygens (including phenoxy) is 3. The van der Waals surface area contributed by atoms with Crippen molar-refractivity contribution in [2.75, 3.05) is 6.61 Å². The Hall–Kier alpha value is -3.98. The van der Waals surface area contributed by atoms with E-state index in [0.29, 0.717) is 34.8 Å². The molecule has 40 heavy (non-hydrogen) atoms. The van der Waals surface area contributed by atoms with Crippen LogP contribution in [0.1, 0.15) is 68.4 Å². The highest BCUT2D eigenvalue weighted by atomic mass is 16.6. The van der Waals surface area contributed by atoms with Crippen molar-refractivity contribution in [2.24, 2.45) is 0 Å². The summed E-state index contributed by atoms with van der Waals surface area (Å²) in [4.78, 5) is 43.4. The molecule has 2 aromatic heterocycles. The van der Waals surface area contributed by atoms with E-state index in [9.17, 15) is 19.5 Å². The number of esters is 2. The van der Waals surface area contributed by atoms with E-state index in [-0.39, 0.29) is 30.8 Å². The molecule has 208 valence electrons. The summed E-state index contributed by atoms with van der Waals surface area (Å²) in [5.41, 5.74) is 3.28. The topological polar surface area (TPSA) is 117 Å². The molecule has 9 nitrogen and oxygen atoms in total. The van der Waals surface area contributed by atoms with Crippen LogP contribution < -0.4 is 10.3 Å². The Balaban J connectivity index is 1.41. The monoisotopic (exact) mass is 544 g/mol. The third kappa shape index (κ3) is 3.94. The lowest BCUT2D eigenvalue weighted by molar-refractivity contribution is -0.172. The van der Waals surface area contributed by atoms with Crippen molar-refractivity contribution in [1.29, 1.82) is 0 Å². The van der Waals surface area contributed by atoms with Crippen molar-refractivity contribution in [3.05, 3.63) is 68.5 Å². The fourth-order valence-electron chi connectivity index (χ4n) is 6.00. The van der Waals surface area contributed by atoms with Crippen molar-refractivity contribution in [2.45, 2.75) is 77.7 Å². The van der Waals surface area contributed by atoms with E-state index in [1.54, 1.807) is 38.3 Å². The Bertz CT molecular complexity index is 1690. The summed E-state index contributed by atoms with van der Waals surface area (Å²) in [5, 5.41) is 12.2. The van der Waals surface area contributed by atoms with E-state index in [0.717, 1.165) is 46.9 Å². The number of hydrogen-bond acceptors (Lipinski definition) is 8. The molecule has 0 radical (unpaired) electrons. The highest BCUT2D eigenvalue weighted by molar-refractivity contribution is 5.93. The third-order valence-corrected chi connectivity index (χ3v) is 7.98. The number of pyridine rings is 2. The zero-order valence-corrected chi connectivity index (χ0v) is 23.2. The van der Waals surface area contributed by atoms with Crippen LogP contribution in [0.4, 0.5) is 0 Å². The average molecular weight is 545 g/mol. The largest absolute Gasteiger partial charge is 0.488 e. The molecule has 1 aliphatic carbocycles. The first-order valence-corrected chi connectivity index (χ1v) is 13.6. The zero-order chi connectivity index (χ0) is 28.6. The molecule has 0 saturated carbocycles. The molecule has 0 spiro atoms. The summed E-state index contributed by atoms with van der Waals surface area (Å²) < 4.78 is 18.3. The average Bonchev–Trinajstić information content (AvgIpc) is 3.29. The highest BCUT2D eigenvalue weighted by Gasteiger charge is 2.45. The van der Waals surface area contributed by atoms with Crippen molar-refractivity contribution in [3.8, 4) is 17.1 Å². The van der Waals surface area contributed by atoms with Crippen molar-refractivity contribution in [3.63, 3.8) is 0 Å². The smallest absolute Gasteiger partial charge is 0.343 e. The van der Waals surface area contributed by atoms with Gasteiger partial charge in [0.25, 0.3) is 5.56 Å². The SMILES string of the molecule is C=C(COc1ccc2nc3c(c4c2c1CCC4)Cn1c-3cc2c(c1=O)COC(=O)[C@]2(O)CC)C(=O)OC(C)(C)C. The van der Waals surface area contributed by atoms with Gasteiger partial charge < -0.3 is 23.9 Å². The van der Waals surface area contributed by atoms with Crippen LogP contribution in [0.5, 0.6) is 5.75 Å². The van der Waals surface area contributed by atoms with Gasteiger partial charge in [-0.05, 0) is 70.2 Å². The van der Waals surface area contributed by atoms with E-state index < -0.39 is 23.1 Å². The molecule has 0 unspecified atom stereocenters. The van der Waals surface area contributed by atoms with Gasteiger partial charge in [0.2, 0.25) is 0 Å². The minimum Gasteiger partial charge on any atom is -0.488 e. The first-order valence-electron chi connectivity index (χ1n) is 13.6. The Morgan fingerprint density at radius 2 is 1.93 bits per heavy atom. The van der Waals surface area contributed by atoms with Gasteiger partial charge in [0.05, 0.1) is 34.6 Å². The zero-order valence-electron chi connectivity index (χ0n) is 23.2. The maximum absolute atomic E-state index is 13.6. The number of benzene rings is 1. The summed E-state index contributed by atoms with van der Waals surface area (Å²) >= 11 is 0. The lowest BCUT2D eigenvalue weighted by Crippen LogP contribution is -2.44. The molecule has 9 heteroatoms. The van der Waals surface area contributed by atoms with Crippen LogP contribution >= 0.6 is 0 Å². The minimum atomic E-state index is -1.86. The van der Waals surface area contributed by atoms with Crippen LogP contribution in [-0.2, 0) is 50.7 Å². The third-order valence-electron chi connectivity index (χ3n) is 7.98. The van der Waals surface area contributed by atoms with Gasteiger partial charge in [0.1, 0.15) is 24.6 Å². The number of aryl methyl sites for hydroxylation is 2. The quantitative estimate of drug-likeness (QED) is 0.298. The molecule has 1 N–H and O–H groups in total. The number of hydrogen-bond donors (Lipinski definition) is 1. The predicted molar refractivity (Wildman–Crippen MR) is 147 cm³/mol. The van der Waals surface area contributed by atoms with E-state index in [1.807, 2.05) is 12.1 Å². The first kappa shape index (κ1) is 26.3. The number of carbonyl (C=O) groups is 2. The van der Waals surface area contributed by atoms with Crippen LogP contribution in [0, 0.1) is 0 Å². The molecule has 3 aromatic rings. The molecule has 1 aromatic carbocycles. The van der Waals surface area contributed by atoms with Crippen LogP contribution in [0.15, 0.2) is 35.1 Å². The summed E-state index contributed by atoms with van der Waals surface area (Å²) in [6.07, 6.45) is 2.61. The fourth-order valence-corrected chi connectivity index (χ4v) is 6.00. The minimum absolute atomic E-state index is 0.00857. The number of aliphatic hydroxyl groups is 1. The number of carbonyl (C=O) groups excluding carboxylic acids is 2. The Kier molecular flexibility index (Phi) is 5.92. The normalized spacial score (nSPS) is 19.0. The molecular formula is C31H32N2O7. The second-order valence-electron chi connectivity index (χ2n) is 11.7. The van der Waals surface area contributed by atoms with E-state index >= 15 is 0 Å². The van der Waals surface area contributed by atoms with Crippen LogP contribution in [-0.4, -0.2) is 38.8 Å². The van der Waals surface area contributed by atoms with Crippen molar-refractivity contribution < 1.29 is 28.9 Å². The first-order chi connectivity index (χ1) is 18.9. The Morgan fingerprint density at radius 1 is 1.18 bits per heavy atom. The summed E-state index contributed by atoms with van der Waals surface area (Å²) in [6, 6.07) is 5.48. The van der Waals surface area contributed by atoms with E-state index in [1.165, 1.54) is 0 Å². The summed E-state index contributed by atoms with van der Waals surface area (Å²) in [6.45, 7) is 11.1. The number of cyclic esters (lactones) is 1. The van der Waals surface area contributed by atoms with Gasteiger partial charge in [0.15, 0.2) is 5.60 Å². The van der Waals surface area contributed by atoms with Gasteiger partial charge in [0, 0.05) is 22.1 Å². The number of nitrogens with zero attached hydrogens (tertiary/aromatic N) is 2. The van der Waals surface area contributed by atoms with Crippen LogP contribution in [0.25, 0.3) is 22.3 Å². The second kappa shape index (κ2) is 9.02. The van der Waals surface area contributed by atoms with Crippen molar-refractivity contribution >= 4 is 22.8 Å². The van der Waals surface area contributed by atoms with Gasteiger partial charge in [-0.1, -0.05) is 13.5 Å². The standard InChI is InChI=1S/C31H32N2O7/c1-6-31(37)21-12-23-26-19(13-33(23)27(34)20(21)15-39-29(31)36)17-8-7-9-18-24(11-10-22(32-26)25(17)18)38-14-16(2)28(35)40-30(3,4)5/h10-12,37H,2,6-9,13-15H2,1,3-5H3/t31-/m0/s1. The molecule has 0 saturated heterocycles. The Labute approximate surface area is 231 Å². The molecule has 2 aliphatic heterocycles. The Morgan fingerprint density at radius 3 is 2.65 bits per heavy atom. The van der Waals surface area contributed by atoms with Gasteiger partial charge in [-0.25, -0.2) is 14.6 Å². The van der Waals surface area contributed by atoms with Crippen molar-refractivity contribution in [1.82, 2.24) is 9.55 Å². The number of aromatic nitrogens is 2. The molecule has 0 fully saturated rings. The number of fused-ring (bicyclic) bond motifs is 5. The van der Waals surface area contributed by atoms with E-state index in [4.69, 9.17) is 19.2 Å². The molecule has 1 atom stereocenters.